The van der Waals surface area contributed by atoms with E-state index in [1.807, 2.05) is 0 Å². The van der Waals surface area contributed by atoms with Crippen LogP contribution < -0.4 is 10.6 Å². The number of nitrogens with one attached hydrogen (secondary N) is 2. The van der Waals surface area contributed by atoms with Crippen LogP contribution in [-0.4, -0.2) is 35.0 Å². The molecule has 1 aliphatic rings. The van der Waals surface area contributed by atoms with E-state index in [0.29, 0.717) is 28.6 Å². The fourth-order valence-corrected chi connectivity index (χ4v) is 2.16. The molecule has 1 fully saturated rings. The number of rotatable bonds is 5. The lowest BCUT2D eigenvalue weighted by atomic mass is 10.2. The molecule has 3 rings (SSSR count). The van der Waals surface area contributed by atoms with E-state index < -0.39 is 5.97 Å². The maximum absolute atomic E-state index is 12.1. The Morgan fingerprint density at radius 3 is 2.50 bits per heavy atom. The Balaban J connectivity index is 1.75. The molecule has 0 bridgehead atoms. The van der Waals surface area contributed by atoms with Crippen LogP contribution in [0.1, 0.15) is 39.4 Å². The molecule has 1 heterocycles. The second-order valence-electron chi connectivity index (χ2n) is 5.66. The van der Waals surface area contributed by atoms with E-state index in [4.69, 9.17) is 0 Å². The number of benzene rings is 1. The summed E-state index contributed by atoms with van der Waals surface area (Å²) in [6.45, 7) is 1.81. The van der Waals surface area contributed by atoms with Crippen molar-refractivity contribution in [3.8, 4) is 0 Å². The Bertz CT molecular complexity index is 770. The summed E-state index contributed by atoms with van der Waals surface area (Å²) in [5, 5.41) is 5.95. The van der Waals surface area contributed by atoms with Crippen molar-refractivity contribution in [2.24, 2.45) is 0 Å². The van der Waals surface area contributed by atoms with Gasteiger partial charge in [0.2, 0.25) is 5.95 Å². The first-order chi connectivity index (χ1) is 11.5. The van der Waals surface area contributed by atoms with Gasteiger partial charge in [-0.25, -0.2) is 14.8 Å². The minimum absolute atomic E-state index is 0.188. The van der Waals surface area contributed by atoms with Crippen LogP contribution in [0.3, 0.4) is 0 Å². The first kappa shape index (κ1) is 15.9. The third-order valence-electron chi connectivity index (χ3n) is 3.56. The van der Waals surface area contributed by atoms with Gasteiger partial charge < -0.3 is 15.4 Å². The van der Waals surface area contributed by atoms with Gasteiger partial charge in [-0.05, 0) is 50.1 Å². The van der Waals surface area contributed by atoms with Gasteiger partial charge in [-0.3, -0.25) is 4.79 Å². The molecule has 0 spiro atoms. The largest absolute Gasteiger partial charge is 0.465 e. The molecular formula is C17H18N4O3. The lowest BCUT2D eigenvalue weighted by molar-refractivity contribution is 0.0600. The minimum Gasteiger partial charge on any atom is -0.465 e. The predicted octanol–water partition coefficient (Wildman–Crippen LogP) is 2.21. The van der Waals surface area contributed by atoms with E-state index in [9.17, 15) is 9.59 Å². The van der Waals surface area contributed by atoms with Crippen LogP contribution in [0.5, 0.6) is 0 Å². The van der Waals surface area contributed by atoms with Crippen LogP contribution in [0.15, 0.2) is 30.3 Å². The van der Waals surface area contributed by atoms with Crippen molar-refractivity contribution in [2.45, 2.75) is 25.8 Å². The van der Waals surface area contributed by atoms with Crippen molar-refractivity contribution in [1.82, 2.24) is 15.3 Å². The number of hydrogen-bond donors (Lipinski definition) is 2. The predicted molar refractivity (Wildman–Crippen MR) is 88.3 cm³/mol. The van der Waals surface area contributed by atoms with Crippen LogP contribution in [0, 0.1) is 6.92 Å². The van der Waals surface area contributed by atoms with Crippen molar-refractivity contribution < 1.29 is 14.3 Å². The van der Waals surface area contributed by atoms with Crippen LogP contribution in [0.25, 0.3) is 0 Å². The number of hydrogen-bond acceptors (Lipinski definition) is 6. The van der Waals surface area contributed by atoms with Gasteiger partial charge in [0.1, 0.15) is 5.69 Å². The smallest absolute Gasteiger partial charge is 0.337 e. The zero-order chi connectivity index (χ0) is 17.1. The standard InChI is InChI=1S/C17H18N4O3/c1-10-9-14(15(22)19-12-7-8-12)21-17(18-10)20-13-5-3-11(4-6-13)16(23)24-2/h3-6,9,12H,7-8H2,1-2H3,(H,19,22)(H,18,20,21). The fourth-order valence-electron chi connectivity index (χ4n) is 2.16. The van der Waals surface area contributed by atoms with Crippen molar-refractivity contribution in [3.63, 3.8) is 0 Å². The molecule has 1 saturated carbocycles. The van der Waals surface area contributed by atoms with Crippen LogP contribution in [0.4, 0.5) is 11.6 Å². The molecule has 1 aliphatic carbocycles. The number of nitrogens with zero attached hydrogens (tertiary/aromatic N) is 2. The number of aryl methyl sites for hydroxylation is 1. The summed E-state index contributed by atoms with van der Waals surface area (Å²) in [6, 6.07) is 8.66. The maximum atomic E-state index is 12.1. The van der Waals surface area contributed by atoms with Gasteiger partial charge in [0.05, 0.1) is 12.7 Å². The summed E-state index contributed by atoms with van der Waals surface area (Å²) in [7, 11) is 1.34. The van der Waals surface area contributed by atoms with Gasteiger partial charge >= 0.3 is 5.97 Å². The zero-order valence-corrected chi connectivity index (χ0v) is 13.5. The Morgan fingerprint density at radius 2 is 1.88 bits per heavy atom. The lowest BCUT2D eigenvalue weighted by Gasteiger charge is -2.09. The number of amides is 1. The number of methoxy groups -OCH3 is 1. The van der Waals surface area contributed by atoms with E-state index in [-0.39, 0.29) is 11.9 Å². The summed E-state index contributed by atoms with van der Waals surface area (Å²) >= 11 is 0. The second kappa shape index (κ2) is 6.66. The molecule has 2 N–H and O–H groups in total. The van der Waals surface area contributed by atoms with Crippen molar-refractivity contribution in [1.29, 1.82) is 0 Å². The van der Waals surface area contributed by atoms with E-state index in [0.717, 1.165) is 12.8 Å². The summed E-state index contributed by atoms with van der Waals surface area (Å²) in [4.78, 5) is 32.1. The summed E-state index contributed by atoms with van der Waals surface area (Å²) < 4.78 is 4.66. The van der Waals surface area contributed by atoms with E-state index >= 15 is 0 Å². The monoisotopic (exact) mass is 326 g/mol. The fraction of sp³-hybridized carbons (Fsp3) is 0.294. The molecule has 0 unspecified atom stereocenters. The summed E-state index contributed by atoms with van der Waals surface area (Å²) in [5.41, 5.74) is 2.20. The Labute approximate surface area is 139 Å². The van der Waals surface area contributed by atoms with Crippen molar-refractivity contribution in [2.75, 3.05) is 12.4 Å². The zero-order valence-electron chi connectivity index (χ0n) is 13.5. The number of carbonyl (C=O) groups is 2. The molecule has 1 aromatic heterocycles. The van der Waals surface area contributed by atoms with Crippen LogP contribution >= 0.6 is 0 Å². The Morgan fingerprint density at radius 1 is 1.17 bits per heavy atom. The van der Waals surface area contributed by atoms with E-state index in [2.05, 4.69) is 25.3 Å². The molecule has 0 saturated heterocycles. The highest BCUT2D eigenvalue weighted by Crippen LogP contribution is 2.20. The summed E-state index contributed by atoms with van der Waals surface area (Å²) in [5.74, 6) is -0.249. The van der Waals surface area contributed by atoms with Gasteiger partial charge in [-0.2, -0.15) is 0 Å². The molecule has 1 aromatic carbocycles. The third kappa shape index (κ3) is 3.87. The molecule has 124 valence electrons. The first-order valence-electron chi connectivity index (χ1n) is 7.67. The number of anilines is 2. The summed E-state index contributed by atoms with van der Waals surface area (Å²) in [6.07, 6.45) is 2.04. The van der Waals surface area contributed by atoms with Gasteiger partial charge in [-0.15, -0.1) is 0 Å². The molecular weight excluding hydrogens is 308 g/mol. The third-order valence-corrected chi connectivity index (χ3v) is 3.56. The first-order valence-corrected chi connectivity index (χ1v) is 7.67. The quantitative estimate of drug-likeness (QED) is 0.818. The molecule has 0 atom stereocenters. The molecule has 24 heavy (non-hydrogen) atoms. The second-order valence-corrected chi connectivity index (χ2v) is 5.66. The average molecular weight is 326 g/mol. The van der Waals surface area contributed by atoms with E-state index in [1.165, 1.54) is 7.11 Å². The van der Waals surface area contributed by atoms with E-state index in [1.54, 1.807) is 37.3 Å². The highest BCUT2D eigenvalue weighted by molar-refractivity contribution is 5.93. The number of esters is 1. The normalized spacial score (nSPS) is 13.2. The van der Waals surface area contributed by atoms with Gasteiger partial charge in [0.25, 0.3) is 5.91 Å². The van der Waals surface area contributed by atoms with Crippen LogP contribution in [0.2, 0.25) is 0 Å². The SMILES string of the molecule is COC(=O)c1ccc(Nc2nc(C)cc(C(=O)NC3CC3)n2)cc1. The maximum Gasteiger partial charge on any atom is 0.337 e. The molecule has 7 nitrogen and oxygen atoms in total. The minimum atomic E-state index is -0.396. The highest BCUT2D eigenvalue weighted by atomic mass is 16.5. The van der Waals surface area contributed by atoms with Gasteiger partial charge in [0, 0.05) is 17.4 Å². The van der Waals surface area contributed by atoms with Gasteiger partial charge in [0.15, 0.2) is 0 Å². The lowest BCUT2D eigenvalue weighted by Crippen LogP contribution is -2.26. The molecule has 0 radical (unpaired) electrons. The highest BCUT2D eigenvalue weighted by Gasteiger charge is 2.24. The average Bonchev–Trinajstić information content (AvgIpc) is 3.38. The Kier molecular flexibility index (Phi) is 4.41. The molecule has 1 amide bonds. The van der Waals surface area contributed by atoms with Crippen LogP contribution in [-0.2, 0) is 4.74 Å². The van der Waals surface area contributed by atoms with Crippen molar-refractivity contribution in [3.05, 3.63) is 47.3 Å². The number of carbonyl (C=O) groups excluding carboxylic acids is 2. The molecule has 2 aromatic rings. The number of aromatic nitrogens is 2. The van der Waals surface area contributed by atoms with Gasteiger partial charge in [-0.1, -0.05) is 0 Å². The Hall–Kier alpha value is -2.96. The molecule has 0 aliphatic heterocycles. The van der Waals surface area contributed by atoms with Crippen molar-refractivity contribution >= 4 is 23.5 Å². The number of ether oxygens (including phenoxy) is 1. The topological polar surface area (TPSA) is 93.2 Å². The molecule has 7 heteroatoms.